The predicted octanol–water partition coefficient (Wildman–Crippen LogP) is 3.89. The Labute approximate surface area is 210 Å². The lowest BCUT2D eigenvalue weighted by molar-refractivity contribution is -0.137. The van der Waals surface area contributed by atoms with E-state index in [0.717, 1.165) is 54.1 Å². The summed E-state index contributed by atoms with van der Waals surface area (Å²) in [5.74, 6) is -0.972. The minimum Gasteiger partial charge on any atom is -0.351 e. The average molecular weight is 524 g/mol. The standard InChI is InChI=1S/C24H28F3N5O3S/c1-4-31(5-2)11-7-10-28-21(34)20-15(3)19-22(36-20)29-14-32(23(19)35)13-18(33)30-17-9-6-8-16(12-17)24(25,26)27/h6,8-9,12,14H,4-5,7,10-11,13H2,1-3H3,(H,28,34)(H,30,33). The summed E-state index contributed by atoms with van der Waals surface area (Å²) in [6.45, 7) is 8.62. The lowest BCUT2D eigenvalue weighted by Crippen LogP contribution is -2.30. The first-order valence-electron chi connectivity index (χ1n) is 11.5. The summed E-state index contributed by atoms with van der Waals surface area (Å²) in [5, 5.41) is 5.49. The molecular formula is C24H28F3N5O3S. The van der Waals surface area contributed by atoms with Crippen molar-refractivity contribution in [3.8, 4) is 0 Å². The number of aryl methyl sites for hydroxylation is 1. The molecule has 8 nitrogen and oxygen atoms in total. The third-order valence-corrected chi connectivity index (χ3v) is 6.94. The van der Waals surface area contributed by atoms with E-state index in [1.165, 1.54) is 18.5 Å². The first kappa shape index (κ1) is 27.3. The number of hydrogen-bond donors (Lipinski definition) is 2. The van der Waals surface area contributed by atoms with Crippen molar-refractivity contribution in [2.75, 3.05) is 31.5 Å². The molecule has 2 N–H and O–H groups in total. The number of nitrogens with one attached hydrogen (secondary N) is 2. The third kappa shape index (κ3) is 6.49. The maximum atomic E-state index is 13.0. The van der Waals surface area contributed by atoms with E-state index in [-0.39, 0.29) is 17.0 Å². The van der Waals surface area contributed by atoms with Crippen LogP contribution in [0.25, 0.3) is 10.2 Å². The Morgan fingerprint density at radius 2 is 1.92 bits per heavy atom. The quantitative estimate of drug-likeness (QED) is 0.393. The van der Waals surface area contributed by atoms with Crippen LogP contribution in [0, 0.1) is 6.92 Å². The van der Waals surface area contributed by atoms with Gasteiger partial charge in [-0.1, -0.05) is 19.9 Å². The van der Waals surface area contributed by atoms with Gasteiger partial charge in [-0.2, -0.15) is 13.2 Å². The van der Waals surface area contributed by atoms with Crippen molar-refractivity contribution < 1.29 is 22.8 Å². The summed E-state index contributed by atoms with van der Waals surface area (Å²) in [4.78, 5) is 45.4. The normalized spacial score (nSPS) is 11.8. The van der Waals surface area contributed by atoms with Crippen molar-refractivity contribution >= 4 is 39.1 Å². The zero-order valence-corrected chi connectivity index (χ0v) is 21.1. The predicted molar refractivity (Wildman–Crippen MR) is 133 cm³/mol. The minimum absolute atomic E-state index is 0.0384. The molecule has 0 aliphatic carbocycles. The summed E-state index contributed by atoms with van der Waals surface area (Å²) in [6.07, 6.45) is -2.56. The number of thiophene rings is 1. The molecule has 0 radical (unpaired) electrons. The highest BCUT2D eigenvalue weighted by molar-refractivity contribution is 7.20. The number of benzene rings is 1. The van der Waals surface area contributed by atoms with Crippen LogP contribution in [-0.4, -0.2) is 52.4 Å². The largest absolute Gasteiger partial charge is 0.416 e. The summed E-state index contributed by atoms with van der Waals surface area (Å²) < 4.78 is 39.8. The van der Waals surface area contributed by atoms with Gasteiger partial charge in [0, 0.05) is 12.2 Å². The molecule has 2 heterocycles. The van der Waals surface area contributed by atoms with Crippen LogP contribution < -0.4 is 16.2 Å². The fraction of sp³-hybridized carbons (Fsp3) is 0.417. The number of aromatic nitrogens is 2. The van der Waals surface area contributed by atoms with Crippen LogP contribution in [0.1, 0.15) is 41.1 Å². The summed E-state index contributed by atoms with van der Waals surface area (Å²) in [5.41, 5.74) is -0.966. The molecule has 2 amide bonds. The number of alkyl halides is 3. The molecule has 0 atom stereocenters. The highest BCUT2D eigenvalue weighted by atomic mass is 32.1. The molecule has 0 saturated heterocycles. The lowest BCUT2D eigenvalue weighted by Gasteiger charge is -2.17. The number of nitrogens with zero attached hydrogens (tertiary/aromatic N) is 3. The number of amides is 2. The fourth-order valence-corrected chi connectivity index (χ4v) is 4.80. The van der Waals surface area contributed by atoms with Gasteiger partial charge in [0.1, 0.15) is 11.4 Å². The van der Waals surface area contributed by atoms with Crippen molar-refractivity contribution in [1.29, 1.82) is 0 Å². The Morgan fingerprint density at radius 3 is 2.58 bits per heavy atom. The molecule has 3 rings (SSSR count). The number of carbonyl (C=O) groups is 2. The molecule has 0 unspecified atom stereocenters. The van der Waals surface area contributed by atoms with Crippen LogP contribution >= 0.6 is 11.3 Å². The van der Waals surface area contributed by atoms with Crippen LogP contribution in [0.3, 0.4) is 0 Å². The zero-order chi connectivity index (χ0) is 26.5. The number of halogens is 3. The van der Waals surface area contributed by atoms with Crippen molar-refractivity contribution in [3.05, 3.63) is 57.0 Å². The Kier molecular flexibility index (Phi) is 8.85. The molecule has 0 aliphatic heterocycles. The zero-order valence-electron chi connectivity index (χ0n) is 20.2. The Bertz CT molecular complexity index is 1300. The Morgan fingerprint density at radius 1 is 1.19 bits per heavy atom. The van der Waals surface area contributed by atoms with Crippen LogP contribution in [0.4, 0.5) is 18.9 Å². The molecular weight excluding hydrogens is 495 g/mol. The van der Waals surface area contributed by atoms with E-state index in [2.05, 4.69) is 34.4 Å². The minimum atomic E-state index is -4.54. The van der Waals surface area contributed by atoms with Gasteiger partial charge in [-0.3, -0.25) is 19.0 Å². The molecule has 36 heavy (non-hydrogen) atoms. The maximum absolute atomic E-state index is 13.0. The van der Waals surface area contributed by atoms with E-state index in [9.17, 15) is 27.6 Å². The van der Waals surface area contributed by atoms with Crippen LogP contribution in [0.2, 0.25) is 0 Å². The van der Waals surface area contributed by atoms with E-state index >= 15 is 0 Å². The van der Waals surface area contributed by atoms with Gasteiger partial charge in [-0.15, -0.1) is 11.3 Å². The van der Waals surface area contributed by atoms with Gasteiger partial charge in [-0.25, -0.2) is 4.98 Å². The second-order valence-corrected chi connectivity index (χ2v) is 9.18. The number of rotatable bonds is 10. The van der Waals surface area contributed by atoms with E-state index in [1.807, 2.05) is 0 Å². The Balaban J connectivity index is 1.71. The summed E-state index contributed by atoms with van der Waals surface area (Å²) in [7, 11) is 0. The van der Waals surface area contributed by atoms with Crippen LogP contribution in [-0.2, 0) is 17.5 Å². The molecule has 12 heteroatoms. The summed E-state index contributed by atoms with van der Waals surface area (Å²) in [6, 6.07) is 4.23. The molecule has 2 aromatic heterocycles. The average Bonchev–Trinajstić information content (AvgIpc) is 3.17. The van der Waals surface area contributed by atoms with E-state index < -0.39 is 29.8 Å². The molecule has 0 bridgehead atoms. The molecule has 1 aromatic carbocycles. The first-order chi connectivity index (χ1) is 17.0. The highest BCUT2D eigenvalue weighted by Gasteiger charge is 2.30. The van der Waals surface area contributed by atoms with Gasteiger partial charge < -0.3 is 15.5 Å². The maximum Gasteiger partial charge on any atom is 0.416 e. The van der Waals surface area contributed by atoms with Gasteiger partial charge in [0.25, 0.3) is 11.5 Å². The highest BCUT2D eigenvalue weighted by Crippen LogP contribution is 2.30. The SMILES string of the molecule is CCN(CC)CCCNC(=O)c1sc2ncn(CC(=O)Nc3cccc(C(F)(F)F)c3)c(=O)c2c1C. The molecule has 0 saturated carbocycles. The third-order valence-electron chi connectivity index (χ3n) is 5.74. The van der Waals surface area contributed by atoms with Gasteiger partial charge in [0.15, 0.2) is 0 Å². The molecule has 0 spiro atoms. The van der Waals surface area contributed by atoms with Crippen molar-refractivity contribution in [3.63, 3.8) is 0 Å². The fourth-order valence-electron chi connectivity index (χ4n) is 3.74. The smallest absolute Gasteiger partial charge is 0.351 e. The van der Waals surface area contributed by atoms with Crippen LogP contribution in [0.5, 0.6) is 0 Å². The van der Waals surface area contributed by atoms with E-state index in [0.29, 0.717) is 21.8 Å². The molecule has 194 valence electrons. The van der Waals surface area contributed by atoms with Gasteiger partial charge >= 0.3 is 6.18 Å². The lowest BCUT2D eigenvalue weighted by atomic mass is 10.2. The van der Waals surface area contributed by atoms with Gasteiger partial charge in [0.05, 0.1) is 22.2 Å². The number of hydrogen-bond acceptors (Lipinski definition) is 6. The first-order valence-corrected chi connectivity index (χ1v) is 12.3. The molecule has 0 aliphatic rings. The topological polar surface area (TPSA) is 96.3 Å². The monoisotopic (exact) mass is 523 g/mol. The van der Waals surface area contributed by atoms with Crippen molar-refractivity contribution in [1.82, 2.24) is 19.8 Å². The van der Waals surface area contributed by atoms with Crippen LogP contribution in [0.15, 0.2) is 35.4 Å². The van der Waals surface area contributed by atoms with E-state index in [4.69, 9.17) is 0 Å². The van der Waals surface area contributed by atoms with E-state index in [1.54, 1.807) is 6.92 Å². The number of fused-ring (bicyclic) bond motifs is 1. The molecule has 3 aromatic rings. The second kappa shape index (κ2) is 11.7. The molecule has 0 fully saturated rings. The van der Waals surface area contributed by atoms with Gasteiger partial charge in [0.2, 0.25) is 5.91 Å². The van der Waals surface area contributed by atoms with Crippen molar-refractivity contribution in [2.24, 2.45) is 0 Å². The Hall–Kier alpha value is -3.25. The second-order valence-electron chi connectivity index (χ2n) is 8.18. The van der Waals surface area contributed by atoms with Crippen molar-refractivity contribution in [2.45, 2.75) is 39.9 Å². The number of carbonyl (C=O) groups excluding carboxylic acids is 2. The summed E-state index contributed by atoms with van der Waals surface area (Å²) >= 11 is 1.10. The number of anilines is 1. The van der Waals surface area contributed by atoms with Gasteiger partial charge in [-0.05, 0) is 56.7 Å².